The van der Waals surface area contributed by atoms with Gasteiger partial charge < -0.3 is 15.0 Å². The maximum Gasteiger partial charge on any atom is 0.251 e. The highest BCUT2D eigenvalue weighted by Gasteiger charge is 2.39. The number of hydrogen-bond donors (Lipinski definition) is 1. The molecule has 5 nitrogen and oxygen atoms in total. The van der Waals surface area contributed by atoms with E-state index < -0.39 is 0 Å². The van der Waals surface area contributed by atoms with E-state index in [4.69, 9.17) is 4.74 Å². The Balaban J connectivity index is 1.60. The number of rotatable bonds is 5. The Morgan fingerprint density at radius 1 is 1.16 bits per heavy atom. The third-order valence-electron chi connectivity index (χ3n) is 4.55. The zero-order chi connectivity index (χ0) is 17.8. The molecule has 1 saturated heterocycles. The normalized spacial score (nSPS) is 19.0. The summed E-state index contributed by atoms with van der Waals surface area (Å²) in [5, 5.41) is 2.70. The Kier molecular flexibility index (Phi) is 5.03. The molecule has 2 aromatic rings. The third-order valence-corrected chi connectivity index (χ3v) is 4.55. The molecule has 25 heavy (non-hydrogen) atoms. The lowest BCUT2D eigenvalue weighted by Crippen LogP contribution is -2.54. The van der Waals surface area contributed by atoms with Crippen molar-refractivity contribution in [2.45, 2.75) is 13.0 Å². The first-order chi connectivity index (χ1) is 12.1. The van der Waals surface area contributed by atoms with Crippen molar-refractivity contribution in [1.82, 2.24) is 10.2 Å². The van der Waals surface area contributed by atoms with Crippen molar-refractivity contribution in [3.05, 3.63) is 65.7 Å². The second-order valence-electron chi connectivity index (χ2n) is 6.29. The first kappa shape index (κ1) is 17.0. The second kappa shape index (κ2) is 7.38. The van der Waals surface area contributed by atoms with E-state index in [0.29, 0.717) is 23.8 Å². The Labute approximate surface area is 147 Å². The zero-order valence-electron chi connectivity index (χ0n) is 14.4. The first-order valence-electron chi connectivity index (χ1n) is 8.37. The molecule has 130 valence electrons. The fourth-order valence-corrected chi connectivity index (χ4v) is 3.23. The minimum Gasteiger partial charge on any atom is -0.497 e. The highest BCUT2D eigenvalue weighted by Crippen LogP contribution is 2.38. The average Bonchev–Trinajstić information content (AvgIpc) is 2.64. The van der Waals surface area contributed by atoms with E-state index >= 15 is 0 Å². The van der Waals surface area contributed by atoms with Crippen LogP contribution in [0.5, 0.6) is 5.75 Å². The molecule has 0 radical (unpaired) electrons. The zero-order valence-corrected chi connectivity index (χ0v) is 14.4. The molecule has 1 fully saturated rings. The van der Waals surface area contributed by atoms with Crippen molar-refractivity contribution >= 4 is 11.8 Å². The first-order valence-corrected chi connectivity index (χ1v) is 8.37. The van der Waals surface area contributed by atoms with Crippen LogP contribution >= 0.6 is 0 Å². The molecule has 3 rings (SSSR count). The van der Waals surface area contributed by atoms with Crippen LogP contribution in [0.1, 0.15) is 28.9 Å². The summed E-state index contributed by atoms with van der Waals surface area (Å²) >= 11 is 0. The van der Waals surface area contributed by atoms with E-state index in [-0.39, 0.29) is 24.4 Å². The van der Waals surface area contributed by atoms with Gasteiger partial charge in [-0.3, -0.25) is 9.59 Å². The van der Waals surface area contributed by atoms with Crippen molar-refractivity contribution in [3.8, 4) is 5.75 Å². The van der Waals surface area contributed by atoms with Gasteiger partial charge >= 0.3 is 0 Å². The number of likely N-dealkylation sites (tertiary alicyclic amines) is 1. The highest BCUT2D eigenvalue weighted by molar-refractivity contribution is 5.96. The molecular weight excluding hydrogens is 316 g/mol. The highest BCUT2D eigenvalue weighted by atomic mass is 16.5. The van der Waals surface area contributed by atoms with Gasteiger partial charge in [-0.25, -0.2) is 0 Å². The number of nitrogens with zero attached hydrogens (tertiary/aromatic N) is 1. The van der Waals surface area contributed by atoms with Gasteiger partial charge in [-0.15, -0.1) is 0 Å². The van der Waals surface area contributed by atoms with Crippen LogP contribution in [0.15, 0.2) is 54.6 Å². The van der Waals surface area contributed by atoms with Crippen LogP contribution in [0.4, 0.5) is 0 Å². The predicted octanol–water partition coefficient (Wildman–Crippen LogP) is 2.64. The summed E-state index contributed by atoms with van der Waals surface area (Å²) < 4.78 is 5.12. The number of methoxy groups -OCH3 is 1. The lowest BCUT2D eigenvalue weighted by atomic mass is 9.84. The van der Waals surface area contributed by atoms with Gasteiger partial charge in [0.25, 0.3) is 5.91 Å². The lowest BCUT2D eigenvalue weighted by Gasteiger charge is -2.47. The Morgan fingerprint density at radius 3 is 2.60 bits per heavy atom. The maximum absolute atomic E-state index is 12.5. The fraction of sp³-hybridized carbons (Fsp3) is 0.300. The standard InChI is InChI=1S/C20H22N2O3/c1-14-13-22(19(14)15-7-4-3-5-8-15)18(23)12-21-20(24)16-9-6-10-17(11-16)25-2/h3-11,14,19H,12-13H2,1-2H3,(H,21,24)/t14-,19-/m1/s1. The van der Waals surface area contributed by atoms with Crippen LogP contribution < -0.4 is 10.1 Å². The second-order valence-corrected chi connectivity index (χ2v) is 6.29. The number of hydrogen-bond acceptors (Lipinski definition) is 3. The van der Waals surface area contributed by atoms with Crippen molar-refractivity contribution < 1.29 is 14.3 Å². The summed E-state index contributed by atoms with van der Waals surface area (Å²) in [6.07, 6.45) is 0. The summed E-state index contributed by atoms with van der Waals surface area (Å²) in [4.78, 5) is 26.5. The van der Waals surface area contributed by atoms with Gasteiger partial charge in [0.2, 0.25) is 5.91 Å². The van der Waals surface area contributed by atoms with Gasteiger partial charge in [0.15, 0.2) is 0 Å². The summed E-state index contributed by atoms with van der Waals surface area (Å²) in [5.74, 6) is 0.681. The lowest BCUT2D eigenvalue weighted by molar-refractivity contribution is -0.142. The molecule has 0 unspecified atom stereocenters. The molecule has 5 heteroatoms. The Morgan fingerprint density at radius 2 is 1.92 bits per heavy atom. The van der Waals surface area contributed by atoms with Gasteiger partial charge in [-0.05, 0) is 29.7 Å². The van der Waals surface area contributed by atoms with Crippen molar-refractivity contribution in [3.63, 3.8) is 0 Å². The quantitative estimate of drug-likeness (QED) is 0.912. The topological polar surface area (TPSA) is 58.6 Å². The maximum atomic E-state index is 12.5. The Hall–Kier alpha value is -2.82. The van der Waals surface area contributed by atoms with E-state index in [0.717, 1.165) is 5.56 Å². The molecule has 0 aromatic heterocycles. The summed E-state index contributed by atoms with van der Waals surface area (Å²) in [5.41, 5.74) is 1.61. The minimum absolute atomic E-state index is 0.00784. The van der Waals surface area contributed by atoms with Gasteiger partial charge in [-0.1, -0.05) is 43.3 Å². The van der Waals surface area contributed by atoms with E-state index in [1.165, 1.54) is 0 Å². The number of carbonyl (C=O) groups is 2. The molecule has 1 aliphatic rings. The molecule has 2 atom stereocenters. The number of amides is 2. The Bertz CT molecular complexity index is 761. The van der Waals surface area contributed by atoms with Gasteiger partial charge in [0.1, 0.15) is 5.75 Å². The van der Waals surface area contributed by atoms with Crippen LogP contribution in [-0.2, 0) is 4.79 Å². The molecule has 1 aliphatic heterocycles. The van der Waals surface area contributed by atoms with Gasteiger partial charge in [0, 0.05) is 12.1 Å². The summed E-state index contributed by atoms with van der Waals surface area (Å²) in [6, 6.07) is 17.0. The summed E-state index contributed by atoms with van der Waals surface area (Å²) in [6.45, 7) is 2.84. The molecule has 1 heterocycles. The van der Waals surface area contributed by atoms with Gasteiger partial charge in [-0.2, -0.15) is 0 Å². The minimum atomic E-state index is -0.280. The molecular formula is C20H22N2O3. The predicted molar refractivity (Wildman–Crippen MR) is 95.4 cm³/mol. The number of benzene rings is 2. The molecule has 0 spiro atoms. The molecule has 0 bridgehead atoms. The van der Waals surface area contributed by atoms with E-state index in [1.54, 1.807) is 31.4 Å². The molecule has 0 saturated carbocycles. The smallest absolute Gasteiger partial charge is 0.251 e. The third kappa shape index (κ3) is 3.65. The molecule has 1 N–H and O–H groups in total. The SMILES string of the molecule is COc1cccc(C(=O)NCC(=O)N2C[C@@H](C)[C@@H]2c2ccccc2)c1. The van der Waals surface area contributed by atoms with Crippen LogP contribution in [0.3, 0.4) is 0 Å². The average molecular weight is 338 g/mol. The van der Waals surface area contributed by atoms with Crippen LogP contribution in [0, 0.1) is 5.92 Å². The summed E-state index contributed by atoms with van der Waals surface area (Å²) in [7, 11) is 1.55. The monoisotopic (exact) mass is 338 g/mol. The van der Waals surface area contributed by atoms with Gasteiger partial charge in [0.05, 0.1) is 19.7 Å². The molecule has 2 amide bonds. The number of carbonyl (C=O) groups excluding carboxylic acids is 2. The van der Waals surface area contributed by atoms with E-state index in [1.807, 2.05) is 35.2 Å². The number of ether oxygens (including phenoxy) is 1. The van der Waals surface area contributed by atoms with Crippen LogP contribution in [-0.4, -0.2) is 36.9 Å². The van der Waals surface area contributed by atoms with Crippen molar-refractivity contribution in [2.75, 3.05) is 20.2 Å². The van der Waals surface area contributed by atoms with Crippen molar-refractivity contribution in [1.29, 1.82) is 0 Å². The largest absolute Gasteiger partial charge is 0.497 e. The van der Waals surface area contributed by atoms with Crippen molar-refractivity contribution in [2.24, 2.45) is 5.92 Å². The van der Waals surface area contributed by atoms with Crippen LogP contribution in [0.2, 0.25) is 0 Å². The fourth-order valence-electron chi connectivity index (χ4n) is 3.23. The molecule has 2 aromatic carbocycles. The van der Waals surface area contributed by atoms with E-state index in [2.05, 4.69) is 12.2 Å². The number of nitrogens with one attached hydrogen (secondary N) is 1. The van der Waals surface area contributed by atoms with E-state index in [9.17, 15) is 9.59 Å². The molecule has 0 aliphatic carbocycles. The van der Waals surface area contributed by atoms with Crippen LogP contribution in [0.25, 0.3) is 0 Å².